The van der Waals surface area contributed by atoms with E-state index >= 15 is 0 Å². The average molecular weight is 231 g/mol. The van der Waals surface area contributed by atoms with Crippen LogP contribution in [0.2, 0.25) is 0 Å². The van der Waals surface area contributed by atoms with E-state index in [4.69, 9.17) is 10.5 Å². The molecule has 0 radical (unpaired) electrons. The summed E-state index contributed by atoms with van der Waals surface area (Å²) in [6, 6.07) is 13.6. The zero-order chi connectivity index (χ0) is 12.3. The fraction of sp³-hybridized carbons (Fsp3) is 0.143. The predicted molar refractivity (Wildman–Crippen MR) is 65.5 cm³/mol. The van der Waals surface area contributed by atoms with Crippen LogP contribution in [0.5, 0.6) is 11.5 Å². The van der Waals surface area contributed by atoms with Crippen molar-refractivity contribution in [3.8, 4) is 11.5 Å². The quantitative estimate of drug-likeness (QED) is 0.875. The summed E-state index contributed by atoms with van der Waals surface area (Å²) in [6.07, 6.45) is 0. The second-order valence-corrected chi connectivity index (χ2v) is 3.86. The lowest BCUT2D eigenvalue weighted by Crippen LogP contribution is -2.07. The van der Waals surface area contributed by atoms with E-state index in [1.54, 1.807) is 31.2 Å². The van der Waals surface area contributed by atoms with Gasteiger partial charge < -0.3 is 10.5 Å². The minimum atomic E-state index is -0.399. The van der Waals surface area contributed by atoms with Crippen molar-refractivity contribution in [2.75, 3.05) is 0 Å². The van der Waals surface area contributed by atoms with E-state index in [1.165, 1.54) is 6.07 Å². The molecule has 2 aromatic carbocycles. The highest BCUT2D eigenvalue weighted by Crippen LogP contribution is 2.31. The van der Waals surface area contributed by atoms with Crippen LogP contribution in [0.25, 0.3) is 0 Å². The molecule has 2 N–H and O–H groups in total. The molecule has 0 heterocycles. The van der Waals surface area contributed by atoms with Gasteiger partial charge in [-0.15, -0.1) is 0 Å². The van der Waals surface area contributed by atoms with E-state index < -0.39 is 5.82 Å². The number of para-hydroxylation sites is 2. The van der Waals surface area contributed by atoms with Crippen LogP contribution in [-0.4, -0.2) is 0 Å². The Morgan fingerprint density at radius 1 is 1.06 bits per heavy atom. The number of ether oxygens (including phenoxy) is 1. The minimum absolute atomic E-state index is 0.203. The number of nitrogens with two attached hydrogens (primary N) is 1. The molecule has 0 aliphatic heterocycles. The van der Waals surface area contributed by atoms with Gasteiger partial charge in [0.15, 0.2) is 11.6 Å². The second kappa shape index (κ2) is 4.97. The van der Waals surface area contributed by atoms with Crippen LogP contribution >= 0.6 is 0 Å². The van der Waals surface area contributed by atoms with Crippen molar-refractivity contribution in [1.82, 2.24) is 0 Å². The van der Waals surface area contributed by atoms with E-state index in [0.29, 0.717) is 11.3 Å². The van der Waals surface area contributed by atoms with Gasteiger partial charge in [0.05, 0.1) is 0 Å². The second-order valence-electron chi connectivity index (χ2n) is 3.86. The van der Waals surface area contributed by atoms with Crippen molar-refractivity contribution in [3.63, 3.8) is 0 Å². The molecule has 0 spiro atoms. The van der Waals surface area contributed by atoms with Gasteiger partial charge in [-0.3, -0.25) is 0 Å². The summed E-state index contributed by atoms with van der Waals surface area (Å²) in [4.78, 5) is 0. The summed E-state index contributed by atoms with van der Waals surface area (Å²) >= 11 is 0. The molecule has 0 aliphatic carbocycles. The third-order valence-electron chi connectivity index (χ3n) is 2.45. The first kappa shape index (κ1) is 11.6. The van der Waals surface area contributed by atoms with Crippen LogP contribution in [0, 0.1) is 5.82 Å². The Morgan fingerprint density at radius 2 is 1.76 bits per heavy atom. The Bertz CT molecular complexity index is 497. The number of halogens is 1. The molecule has 88 valence electrons. The summed E-state index contributed by atoms with van der Waals surface area (Å²) in [5, 5.41) is 0. The zero-order valence-electron chi connectivity index (χ0n) is 9.56. The predicted octanol–water partition coefficient (Wildman–Crippen LogP) is 3.64. The highest BCUT2D eigenvalue weighted by molar-refractivity contribution is 5.40. The van der Waals surface area contributed by atoms with Gasteiger partial charge in [0.1, 0.15) is 5.75 Å². The number of benzene rings is 2. The topological polar surface area (TPSA) is 35.2 Å². The maximum atomic E-state index is 13.7. The summed E-state index contributed by atoms with van der Waals surface area (Å²) in [6.45, 7) is 1.80. The fourth-order valence-corrected chi connectivity index (χ4v) is 1.60. The van der Waals surface area contributed by atoms with Gasteiger partial charge in [0.25, 0.3) is 0 Å². The zero-order valence-corrected chi connectivity index (χ0v) is 9.56. The highest BCUT2D eigenvalue weighted by atomic mass is 19.1. The molecule has 3 heteroatoms. The van der Waals surface area contributed by atoms with Crippen molar-refractivity contribution >= 4 is 0 Å². The lowest BCUT2D eigenvalue weighted by Gasteiger charge is -2.14. The van der Waals surface area contributed by atoms with Crippen LogP contribution in [0.15, 0.2) is 48.5 Å². The third kappa shape index (κ3) is 2.63. The first-order valence-corrected chi connectivity index (χ1v) is 5.45. The molecular weight excluding hydrogens is 217 g/mol. The first-order valence-electron chi connectivity index (χ1n) is 5.45. The maximum Gasteiger partial charge on any atom is 0.167 e. The number of hydrogen-bond acceptors (Lipinski definition) is 2. The first-order chi connectivity index (χ1) is 8.18. The molecule has 0 unspecified atom stereocenters. The highest BCUT2D eigenvalue weighted by Gasteiger charge is 2.13. The van der Waals surface area contributed by atoms with Crippen molar-refractivity contribution in [2.45, 2.75) is 13.0 Å². The lowest BCUT2D eigenvalue weighted by molar-refractivity contribution is 0.432. The summed E-state index contributed by atoms with van der Waals surface area (Å²) in [5.41, 5.74) is 6.45. The summed E-state index contributed by atoms with van der Waals surface area (Å²) in [5.74, 6) is 0.400. The van der Waals surface area contributed by atoms with Gasteiger partial charge in [-0.2, -0.15) is 0 Å². The molecule has 0 bridgehead atoms. The number of rotatable bonds is 3. The Labute approximate surface area is 99.8 Å². The van der Waals surface area contributed by atoms with Gasteiger partial charge in [-0.25, -0.2) is 4.39 Å². The van der Waals surface area contributed by atoms with E-state index in [0.717, 1.165) is 0 Å². The average Bonchev–Trinajstić information content (AvgIpc) is 2.33. The Kier molecular flexibility index (Phi) is 3.40. The van der Waals surface area contributed by atoms with Gasteiger partial charge in [-0.05, 0) is 25.1 Å². The molecule has 0 saturated heterocycles. The normalized spacial score (nSPS) is 12.2. The van der Waals surface area contributed by atoms with Crippen LogP contribution in [0.4, 0.5) is 4.39 Å². The molecule has 2 aromatic rings. The van der Waals surface area contributed by atoms with Crippen molar-refractivity contribution < 1.29 is 9.13 Å². The fourth-order valence-electron chi connectivity index (χ4n) is 1.60. The third-order valence-corrected chi connectivity index (χ3v) is 2.45. The molecule has 0 aliphatic rings. The van der Waals surface area contributed by atoms with Gasteiger partial charge in [0.2, 0.25) is 0 Å². The van der Waals surface area contributed by atoms with Gasteiger partial charge in [0, 0.05) is 11.6 Å². The lowest BCUT2D eigenvalue weighted by atomic mass is 10.1. The monoisotopic (exact) mass is 231 g/mol. The SMILES string of the molecule is C[C@H](N)c1cccc(F)c1Oc1ccccc1. The summed E-state index contributed by atoms with van der Waals surface area (Å²) < 4.78 is 19.3. The van der Waals surface area contributed by atoms with Crippen molar-refractivity contribution in [2.24, 2.45) is 5.73 Å². The van der Waals surface area contributed by atoms with Crippen LogP contribution in [0.1, 0.15) is 18.5 Å². The van der Waals surface area contributed by atoms with Gasteiger partial charge in [-0.1, -0.05) is 30.3 Å². The van der Waals surface area contributed by atoms with Crippen LogP contribution < -0.4 is 10.5 Å². The molecule has 0 aromatic heterocycles. The van der Waals surface area contributed by atoms with Crippen LogP contribution in [-0.2, 0) is 0 Å². The Morgan fingerprint density at radius 3 is 2.41 bits per heavy atom. The Balaban J connectivity index is 2.38. The molecular formula is C14H14FNO. The molecule has 2 rings (SSSR count). The number of hydrogen-bond donors (Lipinski definition) is 1. The molecule has 0 fully saturated rings. The van der Waals surface area contributed by atoms with E-state index in [-0.39, 0.29) is 11.8 Å². The van der Waals surface area contributed by atoms with E-state index in [2.05, 4.69) is 0 Å². The standard InChI is InChI=1S/C14H14FNO/c1-10(16)12-8-5-9-13(15)14(12)17-11-6-3-2-4-7-11/h2-10H,16H2,1H3/t10-/m0/s1. The molecule has 0 amide bonds. The molecule has 2 nitrogen and oxygen atoms in total. The van der Waals surface area contributed by atoms with E-state index in [9.17, 15) is 4.39 Å². The van der Waals surface area contributed by atoms with Gasteiger partial charge >= 0.3 is 0 Å². The Hall–Kier alpha value is -1.87. The molecule has 0 saturated carbocycles. The largest absolute Gasteiger partial charge is 0.454 e. The smallest absolute Gasteiger partial charge is 0.167 e. The van der Waals surface area contributed by atoms with Crippen molar-refractivity contribution in [1.29, 1.82) is 0 Å². The van der Waals surface area contributed by atoms with E-state index in [1.807, 2.05) is 18.2 Å². The van der Waals surface area contributed by atoms with Crippen LogP contribution in [0.3, 0.4) is 0 Å². The van der Waals surface area contributed by atoms with Crippen molar-refractivity contribution in [3.05, 3.63) is 59.9 Å². The maximum absolute atomic E-state index is 13.7. The molecule has 1 atom stereocenters. The minimum Gasteiger partial charge on any atom is -0.454 e. The molecule has 17 heavy (non-hydrogen) atoms. The summed E-state index contributed by atoms with van der Waals surface area (Å²) in [7, 11) is 0.